The van der Waals surface area contributed by atoms with E-state index in [0.29, 0.717) is 24.5 Å². The maximum atomic E-state index is 13.5. The molecule has 0 saturated heterocycles. The molecule has 2 aromatic carbocycles. The Balaban J connectivity index is 2.09. The highest BCUT2D eigenvalue weighted by Gasteiger charge is 2.37. The number of anilines is 1. The fraction of sp³-hybridized carbons (Fsp3) is 0.455. The normalized spacial score (nSPS) is 18.6. The highest BCUT2D eigenvalue weighted by Crippen LogP contribution is 2.40. The number of likely N-dealkylation sites (N-methyl/N-ethyl adjacent to an activating group) is 1. The smallest absolute Gasteiger partial charge is 0.245 e. The molecule has 0 radical (unpaired) electrons. The molecule has 1 aliphatic heterocycles. The van der Waals surface area contributed by atoms with Gasteiger partial charge in [0.25, 0.3) is 0 Å². The van der Waals surface area contributed by atoms with Crippen molar-refractivity contribution in [3.63, 3.8) is 0 Å². The number of hydrogen-bond donors (Lipinski definition) is 0. The van der Waals surface area contributed by atoms with Crippen LogP contribution in [0.1, 0.15) is 31.7 Å². The van der Waals surface area contributed by atoms with Crippen LogP contribution in [-0.2, 0) is 16.6 Å². The van der Waals surface area contributed by atoms with Crippen molar-refractivity contribution in [3.8, 4) is 11.5 Å². The Labute approximate surface area is 188 Å². The summed E-state index contributed by atoms with van der Waals surface area (Å²) in [5.74, 6) is 1.30. The van der Waals surface area contributed by atoms with Gasteiger partial charge in [-0.05, 0) is 46.1 Å². The average molecular weight is 497 g/mol. The summed E-state index contributed by atoms with van der Waals surface area (Å²) in [5, 5.41) is 0. The van der Waals surface area contributed by atoms with E-state index in [1.165, 1.54) is 4.31 Å². The highest BCUT2D eigenvalue weighted by atomic mass is 79.9. The standard InChI is InChI=1S/C22H29BrN2O4S/c1-5-6-7-17-15-25(14-16-8-10-18(28-3)11-9-16)20-12-19(23)21(29-4)13-22(20)30(26,27)24(17)2/h8-13,17H,5-7,14-15H2,1-4H3/t17-/m1/s1. The van der Waals surface area contributed by atoms with Crippen LogP contribution in [0.25, 0.3) is 0 Å². The number of ether oxygens (including phenoxy) is 2. The van der Waals surface area contributed by atoms with Gasteiger partial charge in [-0.2, -0.15) is 4.31 Å². The van der Waals surface area contributed by atoms with Gasteiger partial charge in [0, 0.05) is 32.2 Å². The Bertz CT molecular complexity index is 979. The first-order valence-electron chi connectivity index (χ1n) is 10.0. The fourth-order valence-electron chi connectivity index (χ4n) is 3.77. The van der Waals surface area contributed by atoms with Crippen molar-refractivity contribution in [1.82, 2.24) is 4.31 Å². The second kappa shape index (κ2) is 9.58. The van der Waals surface area contributed by atoms with E-state index in [0.717, 1.165) is 35.0 Å². The van der Waals surface area contributed by atoms with Gasteiger partial charge in [-0.3, -0.25) is 0 Å². The first-order chi connectivity index (χ1) is 14.3. The van der Waals surface area contributed by atoms with E-state index < -0.39 is 10.0 Å². The van der Waals surface area contributed by atoms with E-state index in [-0.39, 0.29) is 10.9 Å². The molecule has 0 spiro atoms. The largest absolute Gasteiger partial charge is 0.497 e. The molecule has 0 aliphatic carbocycles. The van der Waals surface area contributed by atoms with Gasteiger partial charge in [0.05, 0.1) is 24.4 Å². The Morgan fingerprint density at radius 3 is 2.43 bits per heavy atom. The van der Waals surface area contributed by atoms with Crippen LogP contribution in [0.3, 0.4) is 0 Å². The van der Waals surface area contributed by atoms with Crippen molar-refractivity contribution in [2.45, 2.75) is 43.7 Å². The molecule has 0 bridgehead atoms. The molecular weight excluding hydrogens is 468 g/mol. The third kappa shape index (κ3) is 4.60. The number of fused-ring (bicyclic) bond motifs is 1. The summed E-state index contributed by atoms with van der Waals surface area (Å²) in [6.07, 6.45) is 2.82. The van der Waals surface area contributed by atoms with Gasteiger partial charge in [-0.1, -0.05) is 31.9 Å². The van der Waals surface area contributed by atoms with Crippen molar-refractivity contribution in [3.05, 3.63) is 46.4 Å². The molecule has 0 fully saturated rings. The molecule has 0 amide bonds. The minimum absolute atomic E-state index is 0.106. The molecule has 0 N–H and O–H groups in total. The zero-order chi connectivity index (χ0) is 21.9. The van der Waals surface area contributed by atoms with Crippen LogP contribution in [0.15, 0.2) is 45.8 Å². The Hall–Kier alpha value is -1.77. The van der Waals surface area contributed by atoms with Gasteiger partial charge in [0.15, 0.2) is 0 Å². The molecule has 8 heteroatoms. The topological polar surface area (TPSA) is 59.1 Å². The third-order valence-corrected chi connectivity index (χ3v) is 8.16. The predicted molar refractivity (Wildman–Crippen MR) is 123 cm³/mol. The van der Waals surface area contributed by atoms with Gasteiger partial charge in [0.1, 0.15) is 16.4 Å². The summed E-state index contributed by atoms with van der Waals surface area (Å²) in [7, 11) is 1.22. The monoisotopic (exact) mass is 496 g/mol. The van der Waals surface area contributed by atoms with Crippen LogP contribution >= 0.6 is 15.9 Å². The number of halogens is 1. The lowest BCUT2D eigenvalue weighted by Crippen LogP contribution is -2.41. The molecule has 0 saturated carbocycles. The number of nitrogens with zero attached hydrogens (tertiary/aromatic N) is 2. The molecule has 1 heterocycles. The lowest BCUT2D eigenvalue weighted by molar-refractivity contribution is 0.346. The Morgan fingerprint density at radius 1 is 1.13 bits per heavy atom. The molecule has 3 rings (SSSR count). The predicted octanol–water partition coefficient (Wildman–Crippen LogP) is 4.67. The van der Waals surface area contributed by atoms with Gasteiger partial charge in [-0.25, -0.2) is 8.42 Å². The molecular formula is C22H29BrN2O4S. The van der Waals surface area contributed by atoms with Crippen LogP contribution < -0.4 is 14.4 Å². The van der Waals surface area contributed by atoms with Crippen molar-refractivity contribution in [2.75, 3.05) is 32.7 Å². The maximum absolute atomic E-state index is 13.5. The van der Waals surface area contributed by atoms with E-state index in [9.17, 15) is 8.42 Å². The number of sulfonamides is 1. The lowest BCUT2D eigenvalue weighted by Gasteiger charge is -2.29. The van der Waals surface area contributed by atoms with Crippen molar-refractivity contribution in [2.24, 2.45) is 0 Å². The Kier molecular flexibility index (Phi) is 7.31. The average Bonchev–Trinajstić information content (AvgIpc) is 2.81. The number of hydrogen-bond acceptors (Lipinski definition) is 5. The van der Waals surface area contributed by atoms with E-state index >= 15 is 0 Å². The minimum Gasteiger partial charge on any atom is -0.497 e. The second-order valence-electron chi connectivity index (χ2n) is 7.50. The van der Waals surface area contributed by atoms with Crippen molar-refractivity contribution in [1.29, 1.82) is 0 Å². The van der Waals surface area contributed by atoms with Gasteiger partial charge in [0.2, 0.25) is 10.0 Å². The molecule has 30 heavy (non-hydrogen) atoms. The quantitative estimate of drug-likeness (QED) is 0.557. The van der Waals surface area contributed by atoms with Crippen LogP contribution in [0.2, 0.25) is 0 Å². The summed E-state index contributed by atoms with van der Waals surface area (Å²) in [5.41, 5.74) is 1.77. The molecule has 1 aliphatic rings. The summed E-state index contributed by atoms with van der Waals surface area (Å²) >= 11 is 3.53. The maximum Gasteiger partial charge on any atom is 0.245 e. The highest BCUT2D eigenvalue weighted by molar-refractivity contribution is 9.10. The van der Waals surface area contributed by atoms with Crippen LogP contribution in [0, 0.1) is 0 Å². The zero-order valence-corrected chi connectivity index (χ0v) is 20.3. The fourth-order valence-corrected chi connectivity index (χ4v) is 5.84. The van der Waals surface area contributed by atoms with E-state index in [1.54, 1.807) is 27.3 Å². The third-order valence-electron chi connectivity index (χ3n) is 5.60. The molecule has 164 valence electrons. The summed E-state index contributed by atoms with van der Waals surface area (Å²) < 4.78 is 39.9. The first-order valence-corrected chi connectivity index (χ1v) is 12.3. The van der Waals surface area contributed by atoms with Crippen LogP contribution in [0.4, 0.5) is 5.69 Å². The van der Waals surface area contributed by atoms with Crippen molar-refractivity contribution >= 4 is 31.6 Å². The molecule has 0 unspecified atom stereocenters. The second-order valence-corrected chi connectivity index (χ2v) is 10.3. The van der Waals surface area contributed by atoms with Gasteiger partial charge < -0.3 is 14.4 Å². The SMILES string of the molecule is CCCC[C@@H]1CN(Cc2ccc(OC)cc2)c2cc(Br)c(OC)cc2S(=O)(=O)N1C. The Morgan fingerprint density at radius 2 is 1.83 bits per heavy atom. The lowest BCUT2D eigenvalue weighted by atomic mass is 10.1. The van der Waals surface area contributed by atoms with E-state index in [1.807, 2.05) is 30.3 Å². The zero-order valence-electron chi connectivity index (χ0n) is 17.9. The van der Waals surface area contributed by atoms with Crippen LogP contribution in [-0.4, -0.2) is 46.6 Å². The minimum atomic E-state index is -3.65. The number of methoxy groups -OCH3 is 2. The van der Waals surface area contributed by atoms with Crippen LogP contribution in [0.5, 0.6) is 11.5 Å². The molecule has 6 nitrogen and oxygen atoms in total. The van der Waals surface area contributed by atoms with Gasteiger partial charge in [-0.15, -0.1) is 0 Å². The number of benzene rings is 2. The van der Waals surface area contributed by atoms with E-state index in [2.05, 4.69) is 27.8 Å². The molecule has 1 atom stereocenters. The first kappa shape index (κ1) is 22.9. The summed E-state index contributed by atoms with van der Waals surface area (Å²) in [6.45, 7) is 3.34. The summed E-state index contributed by atoms with van der Waals surface area (Å²) in [4.78, 5) is 2.43. The summed E-state index contributed by atoms with van der Waals surface area (Å²) in [6, 6.07) is 11.2. The van der Waals surface area contributed by atoms with Gasteiger partial charge >= 0.3 is 0 Å². The number of rotatable bonds is 7. The number of unbranched alkanes of at least 4 members (excludes halogenated alkanes) is 1. The van der Waals surface area contributed by atoms with E-state index in [4.69, 9.17) is 9.47 Å². The van der Waals surface area contributed by atoms with Crippen molar-refractivity contribution < 1.29 is 17.9 Å². The molecule has 0 aromatic heterocycles. The molecule has 2 aromatic rings.